The second-order valence-electron chi connectivity index (χ2n) is 7.47. The lowest BCUT2D eigenvalue weighted by molar-refractivity contribution is -0.134. The first kappa shape index (κ1) is 18.4. The minimum absolute atomic E-state index is 0.0159. The Balaban J connectivity index is 2.96. The maximum atomic E-state index is 12.9. The summed E-state index contributed by atoms with van der Waals surface area (Å²) in [4.78, 5) is 17.2. The molecule has 1 saturated heterocycles. The van der Waals surface area contributed by atoms with Crippen molar-refractivity contribution < 1.29 is 4.79 Å². The molecule has 1 N–H and O–H groups in total. The molecular formula is C17H35N3O. The molecule has 0 bridgehead atoms. The minimum Gasteiger partial charge on any atom is -0.321 e. The highest BCUT2D eigenvalue weighted by Gasteiger charge is 2.42. The van der Waals surface area contributed by atoms with Crippen molar-refractivity contribution in [3.8, 4) is 0 Å². The maximum absolute atomic E-state index is 12.9. The Labute approximate surface area is 131 Å². The molecule has 0 saturated carbocycles. The van der Waals surface area contributed by atoms with Gasteiger partial charge in [0, 0.05) is 12.6 Å². The fourth-order valence-electron chi connectivity index (χ4n) is 3.23. The molecule has 0 aromatic heterocycles. The fourth-order valence-corrected chi connectivity index (χ4v) is 3.23. The summed E-state index contributed by atoms with van der Waals surface area (Å²) in [5, 5.41) is 3.59. The van der Waals surface area contributed by atoms with Crippen molar-refractivity contribution in [2.75, 3.05) is 20.6 Å². The molecule has 0 radical (unpaired) electrons. The van der Waals surface area contributed by atoms with Gasteiger partial charge in [-0.2, -0.15) is 0 Å². The van der Waals surface area contributed by atoms with Crippen LogP contribution in [0.5, 0.6) is 0 Å². The van der Waals surface area contributed by atoms with Gasteiger partial charge in [0.25, 0.3) is 0 Å². The summed E-state index contributed by atoms with van der Waals surface area (Å²) < 4.78 is 0. The van der Waals surface area contributed by atoms with E-state index in [0.29, 0.717) is 17.7 Å². The van der Waals surface area contributed by atoms with Crippen molar-refractivity contribution in [2.24, 2.45) is 11.8 Å². The number of nitrogens with zero attached hydrogens (tertiary/aromatic N) is 2. The largest absolute Gasteiger partial charge is 0.321 e. The number of hydrogen-bond acceptors (Lipinski definition) is 3. The van der Waals surface area contributed by atoms with Crippen molar-refractivity contribution in [3.05, 3.63) is 0 Å². The van der Waals surface area contributed by atoms with E-state index in [0.717, 1.165) is 25.8 Å². The summed E-state index contributed by atoms with van der Waals surface area (Å²) >= 11 is 0. The van der Waals surface area contributed by atoms with Gasteiger partial charge < -0.3 is 9.80 Å². The van der Waals surface area contributed by atoms with E-state index in [1.807, 2.05) is 0 Å². The van der Waals surface area contributed by atoms with E-state index in [2.05, 4.69) is 63.8 Å². The van der Waals surface area contributed by atoms with Gasteiger partial charge in [-0.05, 0) is 38.8 Å². The third-order valence-electron chi connectivity index (χ3n) is 4.23. The van der Waals surface area contributed by atoms with Gasteiger partial charge in [0.2, 0.25) is 5.91 Å². The molecule has 1 amide bonds. The van der Waals surface area contributed by atoms with Crippen LogP contribution >= 0.6 is 0 Å². The van der Waals surface area contributed by atoms with Crippen LogP contribution in [0, 0.1) is 11.8 Å². The van der Waals surface area contributed by atoms with E-state index < -0.39 is 0 Å². The highest BCUT2D eigenvalue weighted by molar-refractivity contribution is 5.84. The zero-order chi connectivity index (χ0) is 16.2. The van der Waals surface area contributed by atoms with Crippen molar-refractivity contribution >= 4 is 5.91 Å². The molecule has 4 nitrogen and oxygen atoms in total. The fraction of sp³-hybridized carbons (Fsp3) is 0.941. The summed E-state index contributed by atoms with van der Waals surface area (Å²) in [6, 6.07) is 0.299. The van der Waals surface area contributed by atoms with E-state index in [1.54, 1.807) is 0 Å². The zero-order valence-corrected chi connectivity index (χ0v) is 15.0. The number of hydrogen-bond donors (Lipinski definition) is 1. The molecule has 1 heterocycles. The lowest BCUT2D eigenvalue weighted by atomic mass is 9.99. The first-order valence-electron chi connectivity index (χ1n) is 8.50. The van der Waals surface area contributed by atoms with Crippen LogP contribution in [0.2, 0.25) is 0 Å². The highest BCUT2D eigenvalue weighted by atomic mass is 16.2. The number of rotatable bonds is 8. The van der Waals surface area contributed by atoms with Gasteiger partial charge in [-0.3, -0.25) is 10.1 Å². The SMILES string of the molecule is CCCC1NC(CC(C)C)N(C(CN(C)C)C(C)C)C1=O. The third kappa shape index (κ3) is 4.96. The lowest BCUT2D eigenvalue weighted by Gasteiger charge is -2.37. The number of nitrogens with one attached hydrogen (secondary N) is 1. The van der Waals surface area contributed by atoms with E-state index in [4.69, 9.17) is 0 Å². The molecule has 1 fully saturated rings. The van der Waals surface area contributed by atoms with Crippen LogP contribution < -0.4 is 5.32 Å². The average molecular weight is 297 g/mol. The van der Waals surface area contributed by atoms with Gasteiger partial charge in [0.05, 0.1) is 12.2 Å². The number of likely N-dealkylation sites (N-methyl/N-ethyl adjacent to an activating group) is 1. The molecule has 4 heteroatoms. The molecule has 21 heavy (non-hydrogen) atoms. The third-order valence-corrected chi connectivity index (χ3v) is 4.23. The van der Waals surface area contributed by atoms with E-state index in [-0.39, 0.29) is 18.2 Å². The smallest absolute Gasteiger partial charge is 0.241 e. The Bertz CT molecular complexity index is 328. The van der Waals surface area contributed by atoms with Crippen LogP contribution in [-0.4, -0.2) is 54.6 Å². The normalized spacial score (nSPS) is 24.7. The van der Waals surface area contributed by atoms with E-state index >= 15 is 0 Å². The summed E-state index contributed by atoms with van der Waals surface area (Å²) in [7, 11) is 4.18. The predicted octanol–water partition coefficient (Wildman–Crippen LogP) is 2.55. The van der Waals surface area contributed by atoms with E-state index in [1.165, 1.54) is 0 Å². The average Bonchev–Trinajstić information content (AvgIpc) is 2.62. The Morgan fingerprint density at radius 1 is 1.24 bits per heavy atom. The van der Waals surface area contributed by atoms with Gasteiger partial charge in [-0.1, -0.05) is 41.0 Å². The maximum Gasteiger partial charge on any atom is 0.241 e. The molecule has 0 spiro atoms. The van der Waals surface area contributed by atoms with Gasteiger partial charge in [-0.15, -0.1) is 0 Å². The van der Waals surface area contributed by atoms with Gasteiger partial charge >= 0.3 is 0 Å². The first-order valence-corrected chi connectivity index (χ1v) is 8.50. The van der Waals surface area contributed by atoms with Crippen molar-refractivity contribution in [3.63, 3.8) is 0 Å². The molecule has 3 atom stereocenters. The quantitative estimate of drug-likeness (QED) is 0.748. The van der Waals surface area contributed by atoms with E-state index in [9.17, 15) is 4.79 Å². The number of carbonyl (C=O) groups is 1. The number of amides is 1. The van der Waals surface area contributed by atoms with Gasteiger partial charge in [0.15, 0.2) is 0 Å². The first-order chi connectivity index (χ1) is 9.77. The summed E-state index contributed by atoms with van der Waals surface area (Å²) in [5.41, 5.74) is 0. The predicted molar refractivity (Wildman–Crippen MR) is 89.1 cm³/mol. The molecule has 0 aromatic carbocycles. The molecule has 0 aromatic rings. The monoisotopic (exact) mass is 297 g/mol. The van der Waals surface area contributed by atoms with Gasteiger partial charge in [0.1, 0.15) is 0 Å². The second-order valence-corrected chi connectivity index (χ2v) is 7.47. The van der Waals surface area contributed by atoms with Gasteiger partial charge in [-0.25, -0.2) is 0 Å². The van der Waals surface area contributed by atoms with Crippen molar-refractivity contribution in [2.45, 2.75) is 72.1 Å². The zero-order valence-electron chi connectivity index (χ0n) is 15.0. The molecule has 1 aliphatic heterocycles. The summed E-state index contributed by atoms with van der Waals surface area (Å²) in [6.45, 7) is 12.0. The van der Waals surface area contributed by atoms with Crippen LogP contribution in [-0.2, 0) is 4.79 Å². The van der Waals surface area contributed by atoms with Crippen LogP contribution in [0.3, 0.4) is 0 Å². The lowest BCUT2D eigenvalue weighted by Crippen LogP contribution is -2.51. The standard InChI is InChI=1S/C17H35N3O/c1-8-9-14-17(21)20(16(18-14)10-12(2)3)15(13(4)5)11-19(6)7/h12-16,18H,8-11H2,1-7H3. The van der Waals surface area contributed by atoms with Crippen molar-refractivity contribution in [1.82, 2.24) is 15.1 Å². The Hall–Kier alpha value is -0.610. The summed E-state index contributed by atoms with van der Waals surface area (Å²) in [6.07, 6.45) is 3.21. The van der Waals surface area contributed by atoms with Crippen molar-refractivity contribution in [1.29, 1.82) is 0 Å². The molecule has 124 valence electrons. The highest BCUT2D eigenvalue weighted by Crippen LogP contribution is 2.25. The summed E-state index contributed by atoms with van der Waals surface area (Å²) in [5.74, 6) is 1.36. The van der Waals surface area contributed by atoms with Crippen LogP contribution in [0.25, 0.3) is 0 Å². The Kier molecular flexibility index (Phi) is 7.14. The molecule has 1 aliphatic rings. The molecular weight excluding hydrogens is 262 g/mol. The second kappa shape index (κ2) is 8.14. The number of carbonyl (C=O) groups excluding carboxylic acids is 1. The molecule has 1 rings (SSSR count). The Morgan fingerprint density at radius 3 is 2.29 bits per heavy atom. The molecule has 0 aliphatic carbocycles. The molecule has 3 unspecified atom stereocenters. The van der Waals surface area contributed by atoms with Crippen LogP contribution in [0.1, 0.15) is 53.9 Å². The topological polar surface area (TPSA) is 35.6 Å². The minimum atomic E-state index is 0.0159. The Morgan fingerprint density at radius 2 is 1.86 bits per heavy atom. The van der Waals surface area contributed by atoms with Crippen LogP contribution in [0.15, 0.2) is 0 Å². The van der Waals surface area contributed by atoms with Crippen LogP contribution in [0.4, 0.5) is 0 Å².